The van der Waals surface area contributed by atoms with E-state index in [-0.39, 0.29) is 12.7 Å². The number of rotatable bonds is 7. The van der Waals surface area contributed by atoms with Gasteiger partial charge in [0, 0.05) is 25.7 Å². The summed E-state index contributed by atoms with van der Waals surface area (Å²) in [6, 6.07) is 0.350. The Morgan fingerprint density at radius 2 is 2.00 bits per heavy atom. The maximum Gasteiger partial charge on any atom is 0.407 e. The van der Waals surface area contributed by atoms with Gasteiger partial charge in [0.05, 0.1) is 0 Å². The normalized spacial score (nSPS) is 13.2. The summed E-state index contributed by atoms with van der Waals surface area (Å²) in [7, 11) is 0. The Kier molecular flexibility index (Phi) is 7.91. The van der Waals surface area contributed by atoms with Crippen LogP contribution in [0.25, 0.3) is 0 Å². The van der Waals surface area contributed by atoms with E-state index in [2.05, 4.69) is 17.6 Å². The highest BCUT2D eigenvalue weighted by Crippen LogP contribution is 2.05. The topological polar surface area (TPSA) is 70.6 Å². The first kappa shape index (κ1) is 16.2. The van der Waals surface area contributed by atoms with Gasteiger partial charge in [0.2, 0.25) is 0 Å². The number of amides is 1. The third-order valence-electron chi connectivity index (χ3n) is 2.08. The van der Waals surface area contributed by atoms with Crippen LogP contribution >= 0.6 is 0 Å². The molecule has 0 aliphatic heterocycles. The van der Waals surface area contributed by atoms with Crippen LogP contribution in [-0.4, -0.2) is 42.5 Å². The van der Waals surface area contributed by atoms with E-state index >= 15 is 0 Å². The molecule has 0 heterocycles. The summed E-state index contributed by atoms with van der Waals surface area (Å²) in [5, 5.41) is 14.6. The molecule has 0 aliphatic rings. The molecule has 1 atom stereocenters. The zero-order valence-electron chi connectivity index (χ0n) is 11.4. The first-order valence-electron chi connectivity index (χ1n) is 6.16. The van der Waals surface area contributed by atoms with E-state index in [0.29, 0.717) is 19.1 Å². The fraction of sp³-hybridized carbons (Fsp3) is 0.917. The van der Waals surface area contributed by atoms with E-state index in [9.17, 15) is 4.79 Å². The highest BCUT2D eigenvalue weighted by atomic mass is 16.6. The number of nitrogens with one attached hydrogen (secondary N) is 2. The summed E-state index contributed by atoms with van der Waals surface area (Å²) >= 11 is 0. The molecule has 5 nitrogen and oxygen atoms in total. The van der Waals surface area contributed by atoms with Gasteiger partial charge in [0.1, 0.15) is 5.60 Å². The molecule has 0 saturated carbocycles. The molecule has 0 saturated heterocycles. The van der Waals surface area contributed by atoms with Crippen molar-refractivity contribution in [2.75, 3.05) is 19.7 Å². The number of carbonyl (C=O) groups excluding carboxylic acids is 1. The van der Waals surface area contributed by atoms with Crippen LogP contribution in [0.1, 0.15) is 40.5 Å². The second kappa shape index (κ2) is 8.31. The predicted octanol–water partition coefficient (Wildman–Crippen LogP) is 1.26. The summed E-state index contributed by atoms with van der Waals surface area (Å²) in [5.41, 5.74) is -0.452. The fourth-order valence-electron chi connectivity index (χ4n) is 1.30. The van der Waals surface area contributed by atoms with Gasteiger partial charge in [-0.15, -0.1) is 0 Å². The van der Waals surface area contributed by atoms with Gasteiger partial charge < -0.3 is 20.5 Å². The maximum absolute atomic E-state index is 11.3. The van der Waals surface area contributed by atoms with Crippen molar-refractivity contribution < 1.29 is 14.6 Å². The van der Waals surface area contributed by atoms with Gasteiger partial charge in [-0.2, -0.15) is 0 Å². The van der Waals surface area contributed by atoms with E-state index in [1.165, 1.54) is 0 Å². The van der Waals surface area contributed by atoms with Gasteiger partial charge in [-0.1, -0.05) is 0 Å². The van der Waals surface area contributed by atoms with Crippen LogP contribution in [0.2, 0.25) is 0 Å². The predicted molar refractivity (Wildman–Crippen MR) is 68.0 cm³/mol. The molecule has 1 unspecified atom stereocenters. The van der Waals surface area contributed by atoms with E-state index < -0.39 is 5.60 Å². The molecule has 3 N–H and O–H groups in total. The van der Waals surface area contributed by atoms with Crippen LogP contribution in [0.5, 0.6) is 0 Å². The zero-order chi connectivity index (χ0) is 13.3. The number of hydrogen-bond donors (Lipinski definition) is 3. The molecule has 0 aromatic heterocycles. The van der Waals surface area contributed by atoms with E-state index in [0.717, 1.165) is 12.8 Å². The molecule has 0 radical (unpaired) electrons. The average molecular weight is 246 g/mol. The second-order valence-corrected chi connectivity index (χ2v) is 5.15. The van der Waals surface area contributed by atoms with Gasteiger partial charge in [-0.05, 0) is 40.5 Å². The van der Waals surface area contributed by atoms with Crippen molar-refractivity contribution in [2.24, 2.45) is 0 Å². The molecular weight excluding hydrogens is 220 g/mol. The Balaban J connectivity index is 3.48. The van der Waals surface area contributed by atoms with Crippen LogP contribution in [0.4, 0.5) is 4.79 Å². The largest absolute Gasteiger partial charge is 0.444 e. The molecular formula is C12H26N2O3. The molecule has 0 aliphatic carbocycles. The standard InChI is InChI=1S/C12H26N2O3/c1-10(6-5-9-15)13-7-8-14-11(16)17-12(2,3)4/h10,13,15H,5-9H2,1-4H3,(H,14,16). The van der Waals surface area contributed by atoms with Crippen molar-refractivity contribution in [1.82, 2.24) is 10.6 Å². The van der Waals surface area contributed by atoms with Crippen molar-refractivity contribution in [3.05, 3.63) is 0 Å². The Bertz CT molecular complexity index is 214. The zero-order valence-corrected chi connectivity index (χ0v) is 11.4. The molecule has 0 aromatic rings. The van der Waals surface area contributed by atoms with Crippen LogP contribution in [-0.2, 0) is 4.74 Å². The summed E-state index contributed by atoms with van der Waals surface area (Å²) in [6.07, 6.45) is 1.35. The van der Waals surface area contributed by atoms with Gasteiger partial charge in [-0.3, -0.25) is 0 Å². The van der Waals surface area contributed by atoms with E-state index in [1.54, 1.807) is 0 Å². The van der Waals surface area contributed by atoms with Crippen LogP contribution in [0.3, 0.4) is 0 Å². The quantitative estimate of drug-likeness (QED) is 0.591. The number of alkyl carbamates (subject to hydrolysis) is 1. The third kappa shape index (κ3) is 11.5. The fourth-order valence-corrected chi connectivity index (χ4v) is 1.30. The van der Waals surface area contributed by atoms with Crippen molar-refractivity contribution in [3.63, 3.8) is 0 Å². The lowest BCUT2D eigenvalue weighted by Crippen LogP contribution is -2.38. The smallest absolute Gasteiger partial charge is 0.407 e. The lowest BCUT2D eigenvalue weighted by Gasteiger charge is -2.20. The van der Waals surface area contributed by atoms with Crippen molar-refractivity contribution in [1.29, 1.82) is 0 Å². The van der Waals surface area contributed by atoms with Crippen molar-refractivity contribution in [2.45, 2.75) is 52.2 Å². The molecule has 0 bridgehead atoms. The molecule has 17 heavy (non-hydrogen) atoms. The minimum atomic E-state index is -0.452. The third-order valence-corrected chi connectivity index (χ3v) is 2.08. The van der Waals surface area contributed by atoms with Gasteiger partial charge in [0.25, 0.3) is 0 Å². The Labute approximate surface area is 104 Å². The Hall–Kier alpha value is -0.810. The molecule has 0 fully saturated rings. The molecule has 0 spiro atoms. The first-order valence-corrected chi connectivity index (χ1v) is 6.16. The summed E-state index contributed by atoms with van der Waals surface area (Å²) in [6.45, 7) is 9.03. The molecule has 5 heteroatoms. The first-order chi connectivity index (χ1) is 7.85. The van der Waals surface area contributed by atoms with Crippen LogP contribution < -0.4 is 10.6 Å². The molecule has 102 valence electrons. The highest BCUT2D eigenvalue weighted by molar-refractivity contribution is 5.67. The number of aliphatic hydroxyl groups is 1. The number of carbonyl (C=O) groups is 1. The highest BCUT2D eigenvalue weighted by Gasteiger charge is 2.15. The maximum atomic E-state index is 11.3. The van der Waals surface area contributed by atoms with Crippen LogP contribution in [0, 0.1) is 0 Å². The minimum Gasteiger partial charge on any atom is -0.444 e. The van der Waals surface area contributed by atoms with E-state index in [1.807, 2.05) is 20.8 Å². The summed E-state index contributed by atoms with van der Waals surface area (Å²) in [4.78, 5) is 11.3. The van der Waals surface area contributed by atoms with E-state index in [4.69, 9.17) is 9.84 Å². The lowest BCUT2D eigenvalue weighted by atomic mass is 10.2. The monoisotopic (exact) mass is 246 g/mol. The van der Waals surface area contributed by atoms with Gasteiger partial charge >= 0.3 is 6.09 Å². The van der Waals surface area contributed by atoms with Gasteiger partial charge in [-0.25, -0.2) is 4.79 Å². The minimum absolute atomic E-state index is 0.224. The number of hydrogen-bond acceptors (Lipinski definition) is 4. The molecule has 0 rings (SSSR count). The average Bonchev–Trinajstić information content (AvgIpc) is 2.19. The number of aliphatic hydroxyl groups excluding tert-OH is 1. The summed E-state index contributed by atoms with van der Waals surface area (Å²) in [5.74, 6) is 0. The van der Waals surface area contributed by atoms with Crippen molar-refractivity contribution >= 4 is 6.09 Å². The van der Waals surface area contributed by atoms with Crippen LogP contribution in [0.15, 0.2) is 0 Å². The number of ether oxygens (including phenoxy) is 1. The van der Waals surface area contributed by atoms with Gasteiger partial charge in [0.15, 0.2) is 0 Å². The molecule has 1 amide bonds. The molecule has 0 aromatic carbocycles. The Morgan fingerprint density at radius 1 is 1.35 bits per heavy atom. The second-order valence-electron chi connectivity index (χ2n) is 5.15. The Morgan fingerprint density at radius 3 is 2.53 bits per heavy atom. The lowest BCUT2D eigenvalue weighted by molar-refractivity contribution is 0.0528. The SMILES string of the molecule is CC(CCCO)NCCNC(=O)OC(C)(C)C. The van der Waals surface area contributed by atoms with Crippen molar-refractivity contribution in [3.8, 4) is 0 Å². The summed E-state index contributed by atoms with van der Waals surface area (Å²) < 4.78 is 5.10.